The molecule has 1 N–H and O–H groups in total. The van der Waals surface area contributed by atoms with Gasteiger partial charge >= 0.3 is 6.18 Å². The van der Waals surface area contributed by atoms with Gasteiger partial charge in [0.2, 0.25) is 0 Å². The number of aldehydes is 1. The van der Waals surface area contributed by atoms with Crippen molar-refractivity contribution in [3.63, 3.8) is 0 Å². The molecule has 1 aromatic carbocycles. The molecule has 1 fully saturated rings. The smallest absolute Gasteiger partial charge is 0.316 e. The van der Waals surface area contributed by atoms with Crippen LogP contribution in [0.15, 0.2) is 24.3 Å². The first-order valence-corrected chi connectivity index (χ1v) is 6.35. The van der Waals surface area contributed by atoms with Crippen LogP contribution in [-0.4, -0.2) is 19.4 Å². The summed E-state index contributed by atoms with van der Waals surface area (Å²) in [7, 11) is 0. The third kappa shape index (κ3) is 3.35. The first-order chi connectivity index (χ1) is 9.02. The summed E-state index contributed by atoms with van der Waals surface area (Å²) in [6.45, 7) is 1.59. The molecule has 0 saturated carbocycles. The van der Waals surface area contributed by atoms with Crippen LogP contribution in [0.1, 0.15) is 29.9 Å². The second-order valence-corrected chi connectivity index (χ2v) is 4.89. The highest BCUT2D eigenvalue weighted by Crippen LogP contribution is 2.33. The summed E-state index contributed by atoms with van der Waals surface area (Å²) >= 11 is 0. The predicted octanol–water partition coefficient (Wildman–Crippen LogP) is 2.99. The number of carbonyl (C=O) groups is 1. The van der Waals surface area contributed by atoms with Crippen molar-refractivity contribution < 1.29 is 18.0 Å². The first kappa shape index (κ1) is 14.1. The molecular weight excluding hydrogens is 255 g/mol. The van der Waals surface area contributed by atoms with Crippen molar-refractivity contribution in [3.05, 3.63) is 35.4 Å². The van der Waals surface area contributed by atoms with E-state index in [2.05, 4.69) is 5.32 Å². The van der Waals surface area contributed by atoms with E-state index in [9.17, 15) is 18.0 Å². The Hall–Kier alpha value is -1.36. The molecule has 0 aromatic heterocycles. The van der Waals surface area contributed by atoms with Gasteiger partial charge in [-0.25, -0.2) is 0 Å². The summed E-state index contributed by atoms with van der Waals surface area (Å²) in [6, 6.07) is 5.09. The van der Waals surface area contributed by atoms with Crippen molar-refractivity contribution >= 4 is 6.29 Å². The molecule has 19 heavy (non-hydrogen) atoms. The topological polar surface area (TPSA) is 29.1 Å². The number of carbonyl (C=O) groups excluding carboxylic acids is 1. The molecule has 0 spiro atoms. The number of piperidine rings is 1. The van der Waals surface area contributed by atoms with Gasteiger partial charge in [-0.05, 0) is 43.5 Å². The Balaban J connectivity index is 2.25. The molecule has 0 amide bonds. The van der Waals surface area contributed by atoms with Gasteiger partial charge in [-0.3, -0.25) is 0 Å². The molecule has 2 atom stereocenters. The van der Waals surface area contributed by atoms with Crippen molar-refractivity contribution in [2.75, 3.05) is 13.1 Å². The maximum absolute atomic E-state index is 12.7. The van der Waals surface area contributed by atoms with Crippen LogP contribution in [0.5, 0.6) is 0 Å². The molecule has 1 saturated heterocycles. The number of alkyl halides is 3. The summed E-state index contributed by atoms with van der Waals surface area (Å²) in [6.07, 6.45) is -1.78. The third-order valence-corrected chi connectivity index (χ3v) is 3.59. The van der Waals surface area contributed by atoms with E-state index in [1.807, 2.05) is 0 Å². The second-order valence-electron chi connectivity index (χ2n) is 4.89. The Labute approximate surface area is 110 Å². The highest BCUT2D eigenvalue weighted by molar-refractivity contribution is 5.63. The summed E-state index contributed by atoms with van der Waals surface area (Å²) in [4.78, 5) is 11.3. The van der Waals surface area contributed by atoms with E-state index in [1.165, 1.54) is 6.07 Å². The molecule has 0 aliphatic carbocycles. The number of hydrogen-bond acceptors (Lipinski definition) is 2. The lowest BCUT2D eigenvalue weighted by Gasteiger charge is -2.28. The molecule has 5 heteroatoms. The highest BCUT2D eigenvalue weighted by atomic mass is 19.4. The summed E-state index contributed by atoms with van der Waals surface area (Å²) in [5, 5.41) is 3.18. The number of halogens is 3. The SMILES string of the molecule is O=CC(c1cccc(C(F)(F)F)c1)C1CCCNC1. The van der Waals surface area contributed by atoms with E-state index in [0.717, 1.165) is 37.8 Å². The summed E-state index contributed by atoms with van der Waals surface area (Å²) < 4.78 is 38.0. The Kier molecular flexibility index (Phi) is 4.24. The fourth-order valence-electron chi connectivity index (χ4n) is 2.57. The molecular formula is C14H16F3NO. The van der Waals surface area contributed by atoms with Crippen molar-refractivity contribution in [1.29, 1.82) is 0 Å². The van der Waals surface area contributed by atoms with Crippen molar-refractivity contribution in [3.8, 4) is 0 Å². The van der Waals surface area contributed by atoms with Gasteiger partial charge in [-0.15, -0.1) is 0 Å². The largest absolute Gasteiger partial charge is 0.416 e. The minimum Gasteiger partial charge on any atom is -0.316 e. The quantitative estimate of drug-likeness (QED) is 0.856. The zero-order valence-electron chi connectivity index (χ0n) is 10.4. The van der Waals surface area contributed by atoms with Crippen LogP contribution in [-0.2, 0) is 11.0 Å². The average molecular weight is 271 g/mol. The molecule has 1 heterocycles. The summed E-state index contributed by atoms with van der Waals surface area (Å²) in [5.74, 6) is -0.384. The minimum absolute atomic E-state index is 0.0785. The number of benzene rings is 1. The Morgan fingerprint density at radius 3 is 2.74 bits per heavy atom. The lowest BCUT2D eigenvalue weighted by atomic mass is 9.82. The van der Waals surface area contributed by atoms with Gasteiger partial charge in [0, 0.05) is 5.92 Å². The molecule has 1 aromatic rings. The normalized spacial score (nSPS) is 21.9. The molecule has 1 aliphatic heterocycles. The molecule has 2 rings (SSSR count). The Morgan fingerprint density at radius 2 is 2.16 bits per heavy atom. The number of nitrogens with one attached hydrogen (secondary N) is 1. The second kappa shape index (κ2) is 5.74. The van der Waals surface area contributed by atoms with Crippen LogP contribution in [0.25, 0.3) is 0 Å². The third-order valence-electron chi connectivity index (χ3n) is 3.59. The lowest BCUT2D eigenvalue weighted by molar-refractivity contribution is -0.137. The first-order valence-electron chi connectivity index (χ1n) is 6.35. The fourth-order valence-corrected chi connectivity index (χ4v) is 2.57. The van der Waals surface area contributed by atoms with Crippen LogP contribution in [0, 0.1) is 5.92 Å². The lowest BCUT2D eigenvalue weighted by Crippen LogP contribution is -2.33. The zero-order chi connectivity index (χ0) is 13.9. The van der Waals surface area contributed by atoms with Gasteiger partial charge in [0.15, 0.2) is 0 Å². The van der Waals surface area contributed by atoms with Crippen LogP contribution in [0.3, 0.4) is 0 Å². The monoisotopic (exact) mass is 271 g/mol. The van der Waals surface area contributed by atoms with E-state index in [-0.39, 0.29) is 5.92 Å². The van der Waals surface area contributed by atoms with Gasteiger partial charge in [0.25, 0.3) is 0 Å². The van der Waals surface area contributed by atoms with Gasteiger partial charge < -0.3 is 10.1 Å². The van der Waals surface area contributed by atoms with Crippen molar-refractivity contribution in [2.24, 2.45) is 5.92 Å². The Morgan fingerprint density at radius 1 is 1.37 bits per heavy atom. The maximum Gasteiger partial charge on any atom is 0.416 e. The molecule has 2 unspecified atom stereocenters. The number of rotatable bonds is 3. The highest BCUT2D eigenvalue weighted by Gasteiger charge is 2.32. The van der Waals surface area contributed by atoms with Crippen LogP contribution in [0.4, 0.5) is 13.2 Å². The minimum atomic E-state index is -4.37. The van der Waals surface area contributed by atoms with E-state index in [4.69, 9.17) is 0 Å². The average Bonchev–Trinajstić information content (AvgIpc) is 2.40. The molecule has 0 radical (unpaired) electrons. The van der Waals surface area contributed by atoms with E-state index in [1.54, 1.807) is 6.07 Å². The van der Waals surface area contributed by atoms with E-state index in [0.29, 0.717) is 12.1 Å². The van der Waals surface area contributed by atoms with Crippen molar-refractivity contribution in [1.82, 2.24) is 5.32 Å². The Bertz CT molecular complexity index is 439. The van der Waals surface area contributed by atoms with E-state index >= 15 is 0 Å². The van der Waals surface area contributed by atoms with Crippen LogP contribution < -0.4 is 5.32 Å². The molecule has 2 nitrogen and oxygen atoms in total. The van der Waals surface area contributed by atoms with Crippen LogP contribution in [0.2, 0.25) is 0 Å². The van der Waals surface area contributed by atoms with Crippen LogP contribution >= 0.6 is 0 Å². The molecule has 104 valence electrons. The number of hydrogen-bond donors (Lipinski definition) is 1. The molecule has 1 aliphatic rings. The van der Waals surface area contributed by atoms with Gasteiger partial charge in [-0.2, -0.15) is 13.2 Å². The molecule has 0 bridgehead atoms. The van der Waals surface area contributed by atoms with Gasteiger partial charge in [0.05, 0.1) is 5.56 Å². The zero-order valence-corrected chi connectivity index (χ0v) is 10.4. The van der Waals surface area contributed by atoms with E-state index < -0.39 is 17.7 Å². The standard InChI is InChI=1S/C14H16F3NO/c15-14(16,17)12-5-1-3-10(7-12)13(9-19)11-4-2-6-18-8-11/h1,3,5,7,9,11,13,18H,2,4,6,8H2. The van der Waals surface area contributed by atoms with Gasteiger partial charge in [0.1, 0.15) is 6.29 Å². The summed E-state index contributed by atoms with van der Waals surface area (Å²) in [5.41, 5.74) is -0.237. The maximum atomic E-state index is 12.7. The van der Waals surface area contributed by atoms with Gasteiger partial charge in [-0.1, -0.05) is 18.2 Å². The van der Waals surface area contributed by atoms with Crippen molar-refractivity contribution in [2.45, 2.75) is 24.9 Å². The fraction of sp³-hybridized carbons (Fsp3) is 0.500. The predicted molar refractivity (Wildman–Crippen MR) is 65.8 cm³/mol.